The minimum absolute atomic E-state index is 0.0292. The van der Waals surface area contributed by atoms with E-state index in [1.54, 1.807) is 6.08 Å². The van der Waals surface area contributed by atoms with Gasteiger partial charge in [0.1, 0.15) is 5.83 Å². The van der Waals surface area contributed by atoms with Crippen molar-refractivity contribution >= 4 is 11.9 Å². The van der Waals surface area contributed by atoms with Crippen LogP contribution in [0.1, 0.15) is 13.3 Å². The van der Waals surface area contributed by atoms with Crippen LogP contribution in [0.4, 0.5) is 4.39 Å². The zero-order chi connectivity index (χ0) is 15.4. The summed E-state index contributed by atoms with van der Waals surface area (Å²) in [4.78, 5) is 8.10. The number of aliphatic imine (C=N–C) groups is 1. The second-order valence-corrected chi connectivity index (χ2v) is 5.54. The van der Waals surface area contributed by atoms with Crippen LogP contribution in [0.25, 0.3) is 0 Å². The van der Waals surface area contributed by atoms with Crippen molar-refractivity contribution in [1.29, 1.82) is 5.41 Å². The summed E-state index contributed by atoms with van der Waals surface area (Å²) in [5, 5.41) is 10.8. The van der Waals surface area contributed by atoms with Crippen molar-refractivity contribution < 1.29 is 4.39 Å². The van der Waals surface area contributed by atoms with Crippen molar-refractivity contribution in [3.63, 3.8) is 0 Å². The molecular weight excluding hydrogens is 271 g/mol. The van der Waals surface area contributed by atoms with Crippen molar-refractivity contribution in [2.24, 2.45) is 16.6 Å². The molecule has 116 valence electrons. The van der Waals surface area contributed by atoms with Gasteiger partial charge in [-0.05, 0) is 19.5 Å². The Kier molecular flexibility index (Phi) is 4.95. The number of nitrogens with two attached hydrogens (primary N) is 1. The van der Waals surface area contributed by atoms with Gasteiger partial charge in [0.05, 0.1) is 5.70 Å². The number of hydrogen-bond acceptors (Lipinski definition) is 2. The molecule has 4 N–H and O–H groups in total. The summed E-state index contributed by atoms with van der Waals surface area (Å²) in [5.41, 5.74) is 6.24. The van der Waals surface area contributed by atoms with Crippen LogP contribution in [-0.2, 0) is 0 Å². The first-order valence-corrected chi connectivity index (χ1v) is 7.17. The molecule has 0 aromatic carbocycles. The number of allylic oxidation sites excluding steroid dienone is 4. The molecule has 0 saturated carbocycles. The highest BCUT2D eigenvalue weighted by Gasteiger charge is 2.19. The molecule has 1 aliphatic heterocycles. The third kappa shape index (κ3) is 4.04. The van der Waals surface area contributed by atoms with E-state index in [-0.39, 0.29) is 23.7 Å². The minimum Gasteiger partial charge on any atom is -0.369 e. The Bertz CT molecular complexity index is 488. The number of halogens is 1. The molecule has 0 aromatic heterocycles. The quantitative estimate of drug-likeness (QED) is 0.495. The van der Waals surface area contributed by atoms with Gasteiger partial charge in [-0.2, -0.15) is 4.99 Å². The molecular formula is C14H23FN6. The van der Waals surface area contributed by atoms with E-state index in [1.807, 2.05) is 18.9 Å². The molecule has 21 heavy (non-hydrogen) atoms. The van der Waals surface area contributed by atoms with E-state index in [0.29, 0.717) is 5.70 Å². The van der Waals surface area contributed by atoms with Crippen molar-refractivity contribution in [1.82, 2.24) is 15.1 Å². The summed E-state index contributed by atoms with van der Waals surface area (Å²) in [6.07, 6.45) is 3.99. The number of likely N-dealkylation sites (N-methyl/N-ethyl adjacent to an activating group) is 1. The van der Waals surface area contributed by atoms with Gasteiger partial charge in [0, 0.05) is 32.1 Å². The molecule has 0 bridgehead atoms. The molecule has 1 atom stereocenters. The maximum Gasteiger partial charge on any atom is 0.221 e. The van der Waals surface area contributed by atoms with Gasteiger partial charge in [-0.1, -0.05) is 13.0 Å². The molecule has 1 heterocycles. The molecule has 0 aromatic rings. The van der Waals surface area contributed by atoms with E-state index >= 15 is 0 Å². The molecule has 0 amide bonds. The van der Waals surface area contributed by atoms with E-state index < -0.39 is 0 Å². The van der Waals surface area contributed by atoms with Crippen LogP contribution in [0.15, 0.2) is 28.7 Å². The topological polar surface area (TPSA) is 80.7 Å². The monoisotopic (exact) mass is 294 g/mol. The maximum absolute atomic E-state index is 13.7. The zero-order valence-corrected chi connectivity index (χ0v) is 12.6. The van der Waals surface area contributed by atoms with Gasteiger partial charge in [-0.25, -0.2) is 4.39 Å². The second-order valence-electron chi connectivity index (χ2n) is 5.54. The first-order valence-electron chi connectivity index (χ1n) is 7.17. The van der Waals surface area contributed by atoms with Crippen LogP contribution >= 0.6 is 0 Å². The highest BCUT2D eigenvalue weighted by molar-refractivity contribution is 5.93. The van der Waals surface area contributed by atoms with E-state index in [1.165, 1.54) is 6.08 Å². The predicted molar refractivity (Wildman–Crippen MR) is 82.6 cm³/mol. The van der Waals surface area contributed by atoms with E-state index in [4.69, 9.17) is 11.1 Å². The normalized spacial score (nSPS) is 24.4. The summed E-state index contributed by atoms with van der Waals surface area (Å²) >= 11 is 0. The van der Waals surface area contributed by atoms with Crippen LogP contribution in [0.2, 0.25) is 0 Å². The average molecular weight is 294 g/mol. The number of hydrogen-bond donors (Lipinski definition) is 3. The van der Waals surface area contributed by atoms with E-state index in [9.17, 15) is 4.39 Å². The lowest BCUT2D eigenvalue weighted by atomic mass is 9.98. The Morgan fingerprint density at radius 2 is 2.10 bits per heavy atom. The molecule has 2 rings (SSSR count). The van der Waals surface area contributed by atoms with Gasteiger partial charge in [0.25, 0.3) is 0 Å². The van der Waals surface area contributed by atoms with Gasteiger partial charge >= 0.3 is 0 Å². The Morgan fingerprint density at radius 3 is 2.71 bits per heavy atom. The van der Waals surface area contributed by atoms with Gasteiger partial charge in [0.2, 0.25) is 11.9 Å². The van der Waals surface area contributed by atoms with Crippen molar-refractivity contribution in [2.75, 3.05) is 33.2 Å². The molecule has 1 saturated heterocycles. The van der Waals surface area contributed by atoms with Gasteiger partial charge in [0.15, 0.2) is 0 Å². The minimum atomic E-state index is -0.321. The lowest BCUT2D eigenvalue weighted by Gasteiger charge is -2.32. The largest absolute Gasteiger partial charge is 0.369 e. The fraction of sp³-hybridized carbons (Fsp3) is 0.571. The standard InChI is InChI=1S/C14H23FN6/c1-10-4-3-5-11(15)12(10)18-13(16)19-14(17)21-8-6-20(2)7-9-21/h3,5,10H,4,6-9H2,1-2H3,(H4,16,17,18,19). The number of rotatable bonds is 1. The highest BCUT2D eigenvalue weighted by atomic mass is 19.1. The number of nitrogens with one attached hydrogen (secondary N) is 2. The lowest BCUT2D eigenvalue weighted by Crippen LogP contribution is -2.47. The Morgan fingerprint density at radius 1 is 1.43 bits per heavy atom. The Labute approximate surface area is 124 Å². The maximum atomic E-state index is 13.7. The molecule has 1 unspecified atom stereocenters. The molecule has 0 radical (unpaired) electrons. The van der Waals surface area contributed by atoms with Gasteiger partial charge in [-0.3, -0.25) is 5.41 Å². The first kappa shape index (κ1) is 15.5. The van der Waals surface area contributed by atoms with E-state index in [2.05, 4.69) is 15.2 Å². The number of guanidine groups is 2. The lowest BCUT2D eigenvalue weighted by molar-refractivity contribution is 0.213. The summed E-state index contributed by atoms with van der Waals surface area (Å²) in [6, 6.07) is 0. The molecule has 1 aliphatic carbocycles. The van der Waals surface area contributed by atoms with Crippen LogP contribution < -0.4 is 11.1 Å². The Hall–Kier alpha value is -1.89. The third-order valence-corrected chi connectivity index (χ3v) is 3.80. The van der Waals surface area contributed by atoms with Gasteiger partial charge in [-0.15, -0.1) is 0 Å². The molecule has 0 spiro atoms. The predicted octanol–water partition coefficient (Wildman–Crippen LogP) is 0.850. The van der Waals surface area contributed by atoms with E-state index in [0.717, 1.165) is 32.6 Å². The third-order valence-electron chi connectivity index (χ3n) is 3.80. The fourth-order valence-corrected chi connectivity index (χ4v) is 2.37. The molecule has 6 nitrogen and oxygen atoms in total. The highest BCUT2D eigenvalue weighted by Crippen LogP contribution is 2.23. The summed E-state index contributed by atoms with van der Waals surface area (Å²) < 4.78 is 13.7. The molecule has 7 heteroatoms. The molecule has 1 fully saturated rings. The fourth-order valence-electron chi connectivity index (χ4n) is 2.37. The first-order chi connectivity index (χ1) is 9.97. The Balaban J connectivity index is 1.97. The van der Waals surface area contributed by atoms with Crippen LogP contribution in [0, 0.1) is 11.3 Å². The second kappa shape index (κ2) is 6.71. The summed E-state index contributed by atoms with van der Waals surface area (Å²) in [7, 11) is 2.05. The van der Waals surface area contributed by atoms with Crippen molar-refractivity contribution in [3.8, 4) is 0 Å². The SMILES string of the molecule is CC1CC=CC(F)=C1NC(N)=NC(=N)N1CCN(C)CC1. The van der Waals surface area contributed by atoms with Gasteiger partial charge < -0.3 is 20.9 Å². The van der Waals surface area contributed by atoms with Crippen molar-refractivity contribution in [3.05, 3.63) is 23.7 Å². The smallest absolute Gasteiger partial charge is 0.221 e. The summed E-state index contributed by atoms with van der Waals surface area (Å²) in [6.45, 7) is 5.22. The number of piperazine rings is 1. The average Bonchev–Trinajstić information content (AvgIpc) is 2.43. The van der Waals surface area contributed by atoms with Crippen LogP contribution in [0.3, 0.4) is 0 Å². The van der Waals surface area contributed by atoms with Crippen molar-refractivity contribution in [2.45, 2.75) is 13.3 Å². The summed E-state index contributed by atoms with van der Waals surface area (Å²) in [5.74, 6) is -0.112. The number of nitrogens with zero attached hydrogens (tertiary/aromatic N) is 3. The zero-order valence-electron chi connectivity index (χ0n) is 12.6. The molecule has 2 aliphatic rings. The van der Waals surface area contributed by atoms with Crippen LogP contribution in [-0.4, -0.2) is 54.9 Å². The van der Waals surface area contributed by atoms with Crippen LogP contribution in [0.5, 0.6) is 0 Å².